The van der Waals surface area contributed by atoms with Crippen LogP contribution in [-0.4, -0.2) is 29.2 Å². The van der Waals surface area contributed by atoms with Crippen LogP contribution in [0.5, 0.6) is 5.75 Å². The molecule has 144 valence electrons. The molecular formula is C22H17BrN4O2. The average Bonchev–Trinajstić information content (AvgIpc) is 3.18. The molecule has 0 unspecified atom stereocenters. The molecule has 1 aromatic heterocycles. The van der Waals surface area contributed by atoms with E-state index in [1.165, 1.54) is 0 Å². The number of H-pyrrole nitrogens is 1. The number of nitrogens with zero attached hydrogens (tertiary/aromatic N) is 2. The van der Waals surface area contributed by atoms with Crippen LogP contribution in [0.25, 0.3) is 22.4 Å². The van der Waals surface area contributed by atoms with Gasteiger partial charge in [0.1, 0.15) is 11.6 Å². The van der Waals surface area contributed by atoms with Crippen LogP contribution >= 0.6 is 15.9 Å². The van der Waals surface area contributed by atoms with Gasteiger partial charge in [0.2, 0.25) is 0 Å². The minimum atomic E-state index is -0.295. The topological polar surface area (TPSA) is 79.4 Å². The maximum absolute atomic E-state index is 12.4. The molecule has 0 aliphatic heterocycles. The Morgan fingerprint density at radius 1 is 1.10 bits per heavy atom. The molecule has 0 bridgehead atoms. The average molecular weight is 449 g/mol. The van der Waals surface area contributed by atoms with Crippen molar-refractivity contribution in [2.45, 2.75) is 0 Å². The van der Waals surface area contributed by atoms with Crippen molar-refractivity contribution in [2.24, 2.45) is 5.10 Å². The van der Waals surface area contributed by atoms with Gasteiger partial charge >= 0.3 is 0 Å². The lowest BCUT2D eigenvalue weighted by molar-refractivity contribution is 0.0955. The number of benzene rings is 3. The molecular weight excluding hydrogens is 432 g/mol. The molecule has 1 amide bonds. The van der Waals surface area contributed by atoms with Crippen molar-refractivity contribution < 1.29 is 9.53 Å². The largest absolute Gasteiger partial charge is 0.497 e. The van der Waals surface area contributed by atoms with E-state index in [0.29, 0.717) is 5.56 Å². The fourth-order valence-corrected chi connectivity index (χ4v) is 3.08. The number of imidazole rings is 1. The Hall–Kier alpha value is -3.45. The molecule has 0 spiro atoms. The number of ether oxygens (including phenoxy) is 1. The molecule has 4 rings (SSSR count). The third kappa shape index (κ3) is 4.35. The second-order valence-electron chi connectivity index (χ2n) is 6.30. The Labute approximate surface area is 175 Å². The summed E-state index contributed by atoms with van der Waals surface area (Å²) in [6.07, 6.45) is 1.58. The molecule has 6 nitrogen and oxygen atoms in total. The fraction of sp³-hybridized carbons (Fsp3) is 0.0455. The van der Waals surface area contributed by atoms with Gasteiger partial charge in [-0.2, -0.15) is 5.10 Å². The van der Waals surface area contributed by atoms with Crippen LogP contribution in [0.15, 0.2) is 76.3 Å². The number of carbonyl (C=O) groups excluding carboxylic acids is 1. The van der Waals surface area contributed by atoms with Gasteiger partial charge < -0.3 is 9.72 Å². The Kier molecular flexibility index (Phi) is 5.39. The number of amides is 1. The number of rotatable bonds is 5. The smallest absolute Gasteiger partial charge is 0.271 e. The highest BCUT2D eigenvalue weighted by Gasteiger charge is 2.09. The summed E-state index contributed by atoms with van der Waals surface area (Å²) < 4.78 is 6.12. The van der Waals surface area contributed by atoms with Crippen molar-refractivity contribution in [1.29, 1.82) is 0 Å². The maximum atomic E-state index is 12.4. The summed E-state index contributed by atoms with van der Waals surface area (Å²) in [5, 5.41) is 4.02. The lowest BCUT2D eigenvalue weighted by atomic mass is 10.2. The summed E-state index contributed by atoms with van der Waals surface area (Å²) >= 11 is 3.43. The van der Waals surface area contributed by atoms with Gasteiger partial charge in [-0.05, 0) is 60.2 Å². The lowest BCUT2D eigenvalue weighted by Gasteiger charge is -2.01. The van der Waals surface area contributed by atoms with E-state index < -0.39 is 0 Å². The number of aromatic nitrogens is 2. The SMILES string of the molecule is COc1ccc(/C=N\NC(=O)c2ccc3nc(-c4ccc(Br)cc4)[nH]c3c2)cc1. The number of hydrogen-bond donors (Lipinski definition) is 2. The number of carbonyl (C=O) groups is 1. The van der Waals surface area contributed by atoms with E-state index in [0.717, 1.165) is 38.2 Å². The minimum Gasteiger partial charge on any atom is -0.497 e. The molecule has 0 radical (unpaired) electrons. The van der Waals surface area contributed by atoms with E-state index in [9.17, 15) is 4.79 Å². The molecule has 29 heavy (non-hydrogen) atoms. The van der Waals surface area contributed by atoms with E-state index in [2.05, 4.69) is 36.4 Å². The van der Waals surface area contributed by atoms with E-state index in [1.54, 1.807) is 25.5 Å². The summed E-state index contributed by atoms with van der Waals surface area (Å²) in [5.41, 5.74) is 6.45. The van der Waals surface area contributed by atoms with Crippen molar-refractivity contribution in [3.05, 3.63) is 82.3 Å². The van der Waals surface area contributed by atoms with Gasteiger partial charge in [-0.3, -0.25) is 4.79 Å². The van der Waals surface area contributed by atoms with E-state index in [1.807, 2.05) is 54.6 Å². The fourth-order valence-electron chi connectivity index (χ4n) is 2.82. The van der Waals surface area contributed by atoms with Gasteiger partial charge in [0.15, 0.2) is 0 Å². The van der Waals surface area contributed by atoms with Crippen molar-refractivity contribution in [3.63, 3.8) is 0 Å². The lowest BCUT2D eigenvalue weighted by Crippen LogP contribution is -2.17. The Morgan fingerprint density at radius 3 is 2.59 bits per heavy atom. The van der Waals surface area contributed by atoms with Gasteiger partial charge in [-0.15, -0.1) is 0 Å². The normalized spacial score (nSPS) is 11.1. The van der Waals surface area contributed by atoms with Crippen LogP contribution in [0.4, 0.5) is 0 Å². The van der Waals surface area contributed by atoms with Gasteiger partial charge in [0.25, 0.3) is 5.91 Å². The number of nitrogens with one attached hydrogen (secondary N) is 2. The Bertz CT molecular complexity index is 1180. The van der Waals surface area contributed by atoms with Gasteiger partial charge in [0.05, 0.1) is 24.4 Å². The predicted molar refractivity (Wildman–Crippen MR) is 117 cm³/mol. The first-order chi connectivity index (χ1) is 14.1. The molecule has 3 aromatic carbocycles. The van der Waals surface area contributed by atoms with E-state index in [-0.39, 0.29) is 5.91 Å². The molecule has 0 aliphatic rings. The van der Waals surface area contributed by atoms with Crippen LogP contribution in [0.2, 0.25) is 0 Å². The summed E-state index contributed by atoms with van der Waals surface area (Å²) in [5.74, 6) is 1.22. The van der Waals surface area contributed by atoms with Gasteiger partial charge in [-0.25, -0.2) is 10.4 Å². The third-order valence-electron chi connectivity index (χ3n) is 4.36. The van der Waals surface area contributed by atoms with Gasteiger partial charge in [0, 0.05) is 15.6 Å². The third-order valence-corrected chi connectivity index (χ3v) is 4.89. The minimum absolute atomic E-state index is 0.295. The molecule has 4 aromatic rings. The summed E-state index contributed by atoms with van der Waals surface area (Å²) in [6.45, 7) is 0. The number of hydrogen-bond acceptors (Lipinski definition) is 4. The molecule has 2 N–H and O–H groups in total. The van der Waals surface area contributed by atoms with Crippen molar-refractivity contribution in [2.75, 3.05) is 7.11 Å². The molecule has 0 fully saturated rings. The zero-order valence-corrected chi connectivity index (χ0v) is 17.1. The Balaban J connectivity index is 1.48. The van der Waals surface area contributed by atoms with Crippen LogP contribution in [0.1, 0.15) is 15.9 Å². The molecule has 7 heteroatoms. The molecule has 0 aliphatic carbocycles. The zero-order valence-electron chi connectivity index (χ0n) is 15.5. The second-order valence-corrected chi connectivity index (χ2v) is 7.21. The van der Waals surface area contributed by atoms with Crippen LogP contribution in [0.3, 0.4) is 0 Å². The summed E-state index contributed by atoms with van der Waals surface area (Å²) in [6, 6.07) is 20.6. The van der Waals surface area contributed by atoms with Crippen LogP contribution in [0, 0.1) is 0 Å². The highest BCUT2D eigenvalue weighted by Crippen LogP contribution is 2.23. The predicted octanol–water partition coefficient (Wildman–Crippen LogP) is 4.76. The Morgan fingerprint density at radius 2 is 1.86 bits per heavy atom. The van der Waals surface area contributed by atoms with Crippen molar-refractivity contribution in [3.8, 4) is 17.1 Å². The number of aromatic amines is 1. The van der Waals surface area contributed by atoms with Crippen LogP contribution < -0.4 is 10.2 Å². The molecule has 0 saturated carbocycles. The summed E-state index contributed by atoms with van der Waals surface area (Å²) in [4.78, 5) is 20.3. The van der Waals surface area contributed by atoms with Crippen molar-refractivity contribution in [1.82, 2.24) is 15.4 Å². The highest BCUT2D eigenvalue weighted by atomic mass is 79.9. The second kappa shape index (κ2) is 8.28. The molecule has 0 atom stereocenters. The van der Waals surface area contributed by atoms with Crippen molar-refractivity contribution >= 4 is 39.1 Å². The van der Waals surface area contributed by atoms with Gasteiger partial charge in [-0.1, -0.05) is 28.1 Å². The monoisotopic (exact) mass is 448 g/mol. The number of methoxy groups -OCH3 is 1. The zero-order chi connectivity index (χ0) is 20.2. The first-order valence-electron chi connectivity index (χ1n) is 8.85. The first kappa shape index (κ1) is 18.9. The summed E-state index contributed by atoms with van der Waals surface area (Å²) in [7, 11) is 1.61. The van der Waals surface area contributed by atoms with Crippen LogP contribution in [-0.2, 0) is 0 Å². The van der Waals surface area contributed by atoms with E-state index >= 15 is 0 Å². The number of halogens is 1. The number of fused-ring (bicyclic) bond motifs is 1. The van der Waals surface area contributed by atoms with E-state index in [4.69, 9.17) is 4.74 Å². The molecule has 0 saturated heterocycles. The standard InChI is InChI=1S/C22H17BrN4O2/c1-29-18-9-2-14(3-10-18)13-24-27-22(28)16-6-11-19-20(12-16)26-21(25-19)15-4-7-17(23)8-5-15/h2-13H,1H3,(H,25,26)(H,27,28)/b24-13-. The maximum Gasteiger partial charge on any atom is 0.271 e. The first-order valence-corrected chi connectivity index (χ1v) is 9.65. The quantitative estimate of drug-likeness (QED) is 0.341. The highest BCUT2D eigenvalue weighted by molar-refractivity contribution is 9.10. The number of hydrazone groups is 1. The molecule has 1 heterocycles.